The van der Waals surface area contributed by atoms with Gasteiger partial charge in [-0.25, -0.2) is 4.98 Å². The predicted octanol–water partition coefficient (Wildman–Crippen LogP) is 3.21. The van der Waals surface area contributed by atoms with Crippen LogP contribution in [0.3, 0.4) is 0 Å². The average molecular weight is 374 g/mol. The first kappa shape index (κ1) is 19.8. The van der Waals surface area contributed by atoms with Crippen molar-refractivity contribution < 1.29 is 9.84 Å². The van der Waals surface area contributed by atoms with Crippen molar-refractivity contribution in [2.45, 2.75) is 89.0 Å². The molecule has 3 N–H and O–H groups in total. The van der Waals surface area contributed by atoms with Crippen molar-refractivity contribution in [1.82, 2.24) is 9.97 Å². The van der Waals surface area contributed by atoms with Gasteiger partial charge in [-0.05, 0) is 65.2 Å². The maximum atomic E-state index is 10.3. The molecule has 2 saturated carbocycles. The van der Waals surface area contributed by atoms with E-state index in [1.807, 2.05) is 13.8 Å². The van der Waals surface area contributed by atoms with Crippen LogP contribution in [-0.2, 0) is 4.74 Å². The van der Waals surface area contributed by atoms with Gasteiger partial charge >= 0.3 is 0 Å². The molecule has 27 heavy (non-hydrogen) atoms. The Hall–Kier alpha value is -1.91. The molecule has 7 nitrogen and oxygen atoms in total. The molecule has 0 aromatic carbocycles. The zero-order valence-electron chi connectivity index (χ0n) is 16.4. The zero-order valence-corrected chi connectivity index (χ0v) is 16.4. The van der Waals surface area contributed by atoms with Crippen LogP contribution in [0.25, 0.3) is 0 Å². The van der Waals surface area contributed by atoms with Gasteiger partial charge in [0.1, 0.15) is 17.5 Å². The second kappa shape index (κ2) is 8.85. The lowest BCUT2D eigenvalue weighted by molar-refractivity contribution is 0.0182. The molecule has 1 heterocycles. The summed E-state index contributed by atoms with van der Waals surface area (Å²) >= 11 is 0. The van der Waals surface area contributed by atoms with E-state index in [-0.39, 0.29) is 6.04 Å². The molecular weight excluding hydrogens is 342 g/mol. The summed E-state index contributed by atoms with van der Waals surface area (Å²) in [5.74, 6) is 1.11. The van der Waals surface area contributed by atoms with Crippen molar-refractivity contribution in [2.75, 3.05) is 17.2 Å². The van der Waals surface area contributed by atoms with Crippen molar-refractivity contribution in [2.24, 2.45) is 0 Å². The van der Waals surface area contributed by atoms with Gasteiger partial charge in [0, 0.05) is 18.7 Å². The van der Waals surface area contributed by atoms with Crippen molar-refractivity contribution in [1.29, 1.82) is 5.26 Å². The zero-order chi connectivity index (χ0) is 19.3. The smallest absolute Gasteiger partial charge is 0.224 e. The van der Waals surface area contributed by atoms with E-state index in [9.17, 15) is 10.4 Å². The fourth-order valence-corrected chi connectivity index (χ4v) is 4.22. The lowest BCUT2D eigenvalue weighted by Crippen LogP contribution is -2.38. The normalized spacial score (nSPS) is 31.1. The first-order chi connectivity index (χ1) is 13.0. The van der Waals surface area contributed by atoms with Crippen LogP contribution >= 0.6 is 0 Å². The second-order valence-electron chi connectivity index (χ2n) is 8.08. The number of ether oxygens (including phenoxy) is 1. The van der Waals surface area contributed by atoms with Crippen LogP contribution < -0.4 is 10.6 Å². The van der Waals surface area contributed by atoms with Crippen LogP contribution in [-0.4, -0.2) is 45.5 Å². The molecule has 0 spiro atoms. The van der Waals surface area contributed by atoms with Gasteiger partial charge in [-0.2, -0.15) is 10.2 Å². The summed E-state index contributed by atoms with van der Waals surface area (Å²) < 4.78 is 5.71. The molecule has 2 fully saturated rings. The Kier molecular flexibility index (Phi) is 6.51. The summed E-state index contributed by atoms with van der Waals surface area (Å²) in [6, 6.07) is 2.61. The molecular formula is C20H31N5O2. The topological polar surface area (TPSA) is 103 Å². The van der Waals surface area contributed by atoms with E-state index >= 15 is 0 Å². The Balaban J connectivity index is 1.63. The van der Waals surface area contributed by atoms with Crippen LogP contribution in [0.2, 0.25) is 0 Å². The monoisotopic (exact) mass is 373 g/mol. The number of aliphatic hydroxyl groups is 1. The van der Waals surface area contributed by atoms with E-state index in [0.717, 1.165) is 51.6 Å². The average Bonchev–Trinajstić information content (AvgIpc) is 2.63. The molecule has 3 rings (SSSR count). The summed E-state index contributed by atoms with van der Waals surface area (Å²) in [6.45, 7) is 4.68. The minimum atomic E-state index is -0.657. The third-order valence-corrected chi connectivity index (χ3v) is 5.61. The lowest BCUT2D eigenvalue weighted by atomic mass is 9.83. The standard InChI is InChI=1S/C20H31N5O2/c1-3-27-17-8-6-15(7-9-17)24-19-22-13-14(12-21)18(25-19)23-16-5-4-10-20(2,26)11-16/h13,15-17,26H,3-11H2,1-2H3,(H2,22,23,24,25)/t15-,16-,17-,20+/m1/s1. The molecule has 0 radical (unpaired) electrons. The highest BCUT2D eigenvalue weighted by Crippen LogP contribution is 2.30. The SMILES string of the molecule is CCO[C@H]1CC[C@H](Nc2ncc(C#N)c(N[C@@H]3CCC[C@](C)(O)C3)n2)CC1. The number of aromatic nitrogens is 2. The van der Waals surface area contributed by atoms with E-state index < -0.39 is 5.60 Å². The number of nitrogens with zero attached hydrogens (tertiary/aromatic N) is 3. The van der Waals surface area contributed by atoms with E-state index in [1.165, 1.54) is 0 Å². The Bertz CT molecular complexity index is 665. The number of hydrogen-bond donors (Lipinski definition) is 3. The summed E-state index contributed by atoms with van der Waals surface area (Å²) in [6.07, 6.45) is 9.50. The minimum Gasteiger partial charge on any atom is -0.390 e. The minimum absolute atomic E-state index is 0.116. The molecule has 2 aliphatic carbocycles. The van der Waals surface area contributed by atoms with Crippen LogP contribution in [0.4, 0.5) is 11.8 Å². The summed E-state index contributed by atoms with van der Waals surface area (Å²) in [5, 5.41) is 26.5. The van der Waals surface area contributed by atoms with Crippen molar-refractivity contribution in [3.63, 3.8) is 0 Å². The quantitative estimate of drug-likeness (QED) is 0.703. The Morgan fingerprint density at radius 3 is 2.70 bits per heavy atom. The summed E-state index contributed by atoms with van der Waals surface area (Å²) in [7, 11) is 0. The fourth-order valence-electron chi connectivity index (χ4n) is 4.22. The molecule has 0 amide bonds. The molecule has 1 aromatic heterocycles. The highest BCUT2D eigenvalue weighted by molar-refractivity contribution is 5.54. The number of anilines is 2. The van der Waals surface area contributed by atoms with E-state index in [4.69, 9.17) is 4.74 Å². The predicted molar refractivity (Wildman–Crippen MR) is 105 cm³/mol. The molecule has 0 aliphatic heterocycles. The van der Waals surface area contributed by atoms with E-state index in [2.05, 4.69) is 26.7 Å². The van der Waals surface area contributed by atoms with Gasteiger partial charge in [-0.15, -0.1) is 0 Å². The van der Waals surface area contributed by atoms with Crippen molar-refractivity contribution in [3.8, 4) is 6.07 Å². The van der Waals surface area contributed by atoms with Gasteiger partial charge < -0.3 is 20.5 Å². The Morgan fingerprint density at radius 2 is 2.04 bits per heavy atom. The summed E-state index contributed by atoms with van der Waals surface area (Å²) in [5.41, 5.74) is -0.221. The van der Waals surface area contributed by atoms with Gasteiger partial charge in [0.05, 0.1) is 17.9 Å². The van der Waals surface area contributed by atoms with E-state index in [0.29, 0.717) is 35.9 Å². The number of nitriles is 1. The summed E-state index contributed by atoms with van der Waals surface area (Å²) in [4.78, 5) is 8.88. The fraction of sp³-hybridized carbons (Fsp3) is 0.750. The molecule has 2 aliphatic rings. The van der Waals surface area contributed by atoms with Crippen molar-refractivity contribution >= 4 is 11.8 Å². The van der Waals surface area contributed by atoms with Gasteiger partial charge in [0.25, 0.3) is 0 Å². The molecule has 7 heteroatoms. The molecule has 0 saturated heterocycles. The second-order valence-corrected chi connectivity index (χ2v) is 8.08. The number of hydrogen-bond acceptors (Lipinski definition) is 7. The maximum absolute atomic E-state index is 10.3. The molecule has 2 atom stereocenters. The van der Waals surface area contributed by atoms with Gasteiger partial charge in [-0.3, -0.25) is 0 Å². The highest BCUT2D eigenvalue weighted by atomic mass is 16.5. The Morgan fingerprint density at radius 1 is 1.26 bits per heavy atom. The molecule has 0 bridgehead atoms. The van der Waals surface area contributed by atoms with Gasteiger partial charge in [0.15, 0.2) is 0 Å². The van der Waals surface area contributed by atoms with E-state index in [1.54, 1.807) is 6.20 Å². The maximum Gasteiger partial charge on any atom is 0.224 e. The third kappa shape index (κ3) is 5.53. The largest absolute Gasteiger partial charge is 0.390 e. The van der Waals surface area contributed by atoms with Crippen LogP contribution in [0.5, 0.6) is 0 Å². The Labute approximate surface area is 161 Å². The third-order valence-electron chi connectivity index (χ3n) is 5.61. The first-order valence-corrected chi connectivity index (χ1v) is 10.1. The van der Waals surface area contributed by atoms with Crippen LogP contribution in [0.1, 0.15) is 70.8 Å². The van der Waals surface area contributed by atoms with Crippen LogP contribution in [0.15, 0.2) is 6.20 Å². The molecule has 1 aromatic rings. The van der Waals surface area contributed by atoms with Crippen LogP contribution in [0, 0.1) is 11.3 Å². The van der Waals surface area contributed by atoms with Crippen molar-refractivity contribution in [3.05, 3.63) is 11.8 Å². The number of rotatable bonds is 6. The van der Waals surface area contributed by atoms with Gasteiger partial charge in [0.2, 0.25) is 5.95 Å². The molecule has 0 unspecified atom stereocenters. The van der Waals surface area contributed by atoms with Gasteiger partial charge in [-0.1, -0.05) is 0 Å². The molecule has 148 valence electrons. The lowest BCUT2D eigenvalue weighted by Gasteiger charge is -2.34. The number of nitrogens with one attached hydrogen (secondary N) is 2. The highest BCUT2D eigenvalue weighted by Gasteiger charge is 2.30. The first-order valence-electron chi connectivity index (χ1n) is 10.1.